The van der Waals surface area contributed by atoms with Gasteiger partial charge in [-0.1, -0.05) is 30.3 Å². The van der Waals surface area contributed by atoms with Crippen molar-refractivity contribution in [1.29, 1.82) is 0 Å². The molecule has 0 unspecified atom stereocenters. The van der Waals surface area contributed by atoms with Crippen LogP contribution >= 0.6 is 0 Å². The van der Waals surface area contributed by atoms with E-state index in [-0.39, 0.29) is 22.7 Å². The van der Waals surface area contributed by atoms with Gasteiger partial charge in [0.1, 0.15) is 6.04 Å². The van der Waals surface area contributed by atoms with Crippen LogP contribution in [-0.4, -0.2) is 61.8 Å². The fourth-order valence-electron chi connectivity index (χ4n) is 4.54. The molecule has 0 spiro atoms. The number of sulfonamides is 1. The summed E-state index contributed by atoms with van der Waals surface area (Å²) in [6, 6.07) is 12.0. The van der Waals surface area contributed by atoms with Crippen LogP contribution in [0.15, 0.2) is 47.4 Å². The Kier molecular flexibility index (Phi) is 6.29. The zero-order valence-corrected chi connectivity index (χ0v) is 18.5. The van der Waals surface area contributed by atoms with Gasteiger partial charge in [-0.05, 0) is 55.5 Å². The number of carbonyl (C=O) groups is 2. The first kappa shape index (κ1) is 21.8. The van der Waals surface area contributed by atoms with Crippen molar-refractivity contribution in [2.24, 2.45) is 5.92 Å². The number of ether oxygens (including phenoxy) is 1. The molecule has 0 bridgehead atoms. The summed E-state index contributed by atoms with van der Waals surface area (Å²) in [4.78, 5) is 27.1. The maximum absolute atomic E-state index is 13.4. The molecule has 2 heterocycles. The number of esters is 1. The van der Waals surface area contributed by atoms with Crippen LogP contribution in [0.25, 0.3) is 10.8 Å². The van der Waals surface area contributed by atoms with Gasteiger partial charge in [0.05, 0.1) is 17.4 Å². The predicted molar refractivity (Wildman–Crippen MR) is 117 cm³/mol. The van der Waals surface area contributed by atoms with E-state index in [1.54, 1.807) is 30.0 Å². The molecule has 2 aliphatic heterocycles. The smallest absolute Gasteiger partial charge is 0.309 e. The number of benzene rings is 2. The molecule has 166 valence electrons. The number of amides is 1. The van der Waals surface area contributed by atoms with E-state index in [1.165, 1.54) is 4.31 Å². The topological polar surface area (TPSA) is 84.0 Å². The average Bonchev–Trinajstić information content (AvgIpc) is 3.29. The Bertz CT molecular complexity index is 1080. The van der Waals surface area contributed by atoms with E-state index in [1.807, 2.05) is 24.3 Å². The van der Waals surface area contributed by atoms with Gasteiger partial charge in [0.25, 0.3) is 0 Å². The van der Waals surface area contributed by atoms with Gasteiger partial charge in [-0.2, -0.15) is 4.31 Å². The third-order valence-electron chi connectivity index (χ3n) is 6.24. The van der Waals surface area contributed by atoms with Crippen molar-refractivity contribution >= 4 is 32.7 Å². The van der Waals surface area contributed by atoms with Crippen LogP contribution in [0.4, 0.5) is 0 Å². The summed E-state index contributed by atoms with van der Waals surface area (Å²) in [6.07, 6.45) is 2.27. The molecule has 8 heteroatoms. The zero-order valence-electron chi connectivity index (χ0n) is 17.7. The maximum atomic E-state index is 13.4. The average molecular weight is 445 g/mol. The van der Waals surface area contributed by atoms with Crippen LogP contribution in [0.2, 0.25) is 0 Å². The molecule has 0 aliphatic carbocycles. The Hall–Kier alpha value is -2.45. The molecular formula is C23H28N2O5S. The van der Waals surface area contributed by atoms with Gasteiger partial charge in [0, 0.05) is 19.6 Å². The van der Waals surface area contributed by atoms with Crippen LogP contribution in [0, 0.1) is 5.92 Å². The number of nitrogens with zero attached hydrogens (tertiary/aromatic N) is 2. The van der Waals surface area contributed by atoms with Crippen molar-refractivity contribution in [2.45, 2.75) is 43.5 Å². The number of likely N-dealkylation sites (tertiary alicyclic amines) is 1. The van der Waals surface area contributed by atoms with E-state index in [0.29, 0.717) is 51.9 Å². The van der Waals surface area contributed by atoms with Crippen molar-refractivity contribution in [2.75, 3.05) is 26.2 Å². The molecule has 2 aromatic carbocycles. The van der Waals surface area contributed by atoms with E-state index in [0.717, 1.165) is 10.8 Å². The monoisotopic (exact) mass is 444 g/mol. The molecule has 2 aliphatic rings. The second kappa shape index (κ2) is 8.96. The van der Waals surface area contributed by atoms with Gasteiger partial charge in [-0.3, -0.25) is 9.59 Å². The van der Waals surface area contributed by atoms with E-state index in [9.17, 15) is 18.0 Å². The van der Waals surface area contributed by atoms with Crippen molar-refractivity contribution in [1.82, 2.24) is 9.21 Å². The molecule has 1 atom stereocenters. The molecule has 0 radical (unpaired) electrons. The SMILES string of the molecule is CCOC(=O)C1CCN(C(=O)[C@@H]2CCCN2S(=O)(=O)c2ccc3ccccc3c2)CC1. The number of fused-ring (bicyclic) bond motifs is 1. The Morgan fingerprint density at radius 3 is 2.42 bits per heavy atom. The fraction of sp³-hybridized carbons (Fsp3) is 0.478. The lowest BCUT2D eigenvalue weighted by Gasteiger charge is -2.34. The van der Waals surface area contributed by atoms with Crippen molar-refractivity contribution in [3.8, 4) is 0 Å². The second-order valence-corrected chi connectivity index (χ2v) is 10.0. The Labute approximate surface area is 183 Å². The lowest BCUT2D eigenvalue weighted by Crippen LogP contribution is -2.50. The second-order valence-electron chi connectivity index (χ2n) is 8.13. The summed E-state index contributed by atoms with van der Waals surface area (Å²) in [5, 5.41) is 1.83. The van der Waals surface area contributed by atoms with E-state index >= 15 is 0 Å². The molecule has 31 heavy (non-hydrogen) atoms. The van der Waals surface area contributed by atoms with Crippen molar-refractivity contribution in [3.05, 3.63) is 42.5 Å². The number of hydrogen-bond acceptors (Lipinski definition) is 5. The minimum absolute atomic E-state index is 0.163. The standard InChI is InChI=1S/C23H28N2O5S/c1-2-30-23(27)18-11-14-24(15-12-18)22(26)21-8-5-13-25(21)31(28,29)20-10-9-17-6-3-4-7-19(17)16-20/h3-4,6-7,9-10,16,18,21H,2,5,8,11-15H2,1H3/t21-/m0/s1. The van der Waals surface area contributed by atoms with Crippen molar-refractivity contribution in [3.63, 3.8) is 0 Å². The Morgan fingerprint density at radius 2 is 1.71 bits per heavy atom. The molecule has 0 aromatic heterocycles. The Morgan fingerprint density at radius 1 is 1.00 bits per heavy atom. The minimum atomic E-state index is -3.78. The van der Waals surface area contributed by atoms with Gasteiger partial charge in [0.2, 0.25) is 15.9 Å². The summed E-state index contributed by atoms with van der Waals surface area (Å²) in [5.74, 6) is -0.565. The lowest BCUT2D eigenvalue weighted by molar-refractivity contribution is -0.151. The lowest BCUT2D eigenvalue weighted by atomic mass is 9.96. The first-order valence-electron chi connectivity index (χ1n) is 10.9. The molecular weight excluding hydrogens is 416 g/mol. The van der Waals surface area contributed by atoms with Crippen molar-refractivity contribution < 1.29 is 22.7 Å². The van der Waals surface area contributed by atoms with E-state index < -0.39 is 16.1 Å². The first-order valence-corrected chi connectivity index (χ1v) is 12.3. The summed E-state index contributed by atoms with van der Waals surface area (Å²) in [7, 11) is -3.78. The molecule has 0 saturated carbocycles. The number of hydrogen-bond donors (Lipinski definition) is 0. The van der Waals surface area contributed by atoms with Gasteiger partial charge in [-0.15, -0.1) is 0 Å². The van der Waals surface area contributed by atoms with E-state index in [2.05, 4.69) is 0 Å². The van der Waals surface area contributed by atoms with Crippen LogP contribution in [0.5, 0.6) is 0 Å². The molecule has 0 N–H and O–H groups in total. The third kappa shape index (κ3) is 4.32. The maximum Gasteiger partial charge on any atom is 0.309 e. The zero-order chi connectivity index (χ0) is 22.0. The first-order chi connectivity index (χ1) is 14.9. The number of piperidine rings is 1. The number of rotatable bonds is 5. The van der Waals surface area contributed by atoms with Crippen LogP contribution < -0.4 is 0 Å². The third-order valence-corrected chi connectivity index (χ3v) is 8.15. The highest BCUT2D eigenvalue weighted by atomic mass is 32.2. The highest BCUT2D eigenvalue weighted by molar-refractivity contribution is 7.89. The summed E-state index contributed by atoms with van der Waals surface area (Å²) >= 11 is 0. The van der Waals surface area contributed by atoms with Crippen LogP contribution in [-0.2, 0) is 24.3 Å². The van der Waals surface area contributed by atoms with Gasteiger partial charge < -0.3 is 9.64 Å². The summed E-state index contributed by atoms with van der Waals surface area (Å²) in [5.41, 5.74) is 0. The van der Waals surface area contributed by atoms with Crippen LogP contribution in [0.3, 0.4) is 0 Å². The summed E-state index contributed by atoms with van der Waals surface area (Å²) in [6.45, 7) is 3.36. The Balaban J connectivity index is 1.49. The number of carbonyl (C=O) groups excluding carboxylic acids is 2. The molecule has 1 amide bonds. The fourth-order valence-corrected chi connectivity index (χ4v) is 6.23. The molecule has 7 nitrogen and oxygen atoms in total. The molecule has 2 fully saturated rings. The predicted octanol–water partition coefficient (Wildman–Crippen LogP) is 2.79. The van der Waals surface area contributed by atoms with Gasteiger partial charge in [0.15, 0.2) is 0 Å². The molecule has 4 rings (SSSR count). The highest BCUT2D eigenvalue weighted by Gasteiger charge is 2.42. The molecule has 2 aromatic rings. The largest absolute Gasteiger partial charge is 0.466 e. The van der Waals surface area contributed by atoms with Crippen LogP contribution in [0.1, 0.15) is 32.6 Å². The van der Waals surface area contributed by atoms with Gasteiger partial charge >= 0.3 is 5.97 Å². The van der Waals surface area contributed by atoms with Gasteiger partial charge in [-0.25, -0.2) is 8.42 Å². The summed E-state index contributed by atoms with van der Waals surface area (Å²) < 4.78 is 33.2. The minimum Gasteiger partial charge on any atom is -0.466 e. The quantitative estimate of drug-likeness (QED) is 0.662. The molecule has 2 saturated heterocycles. The van der Waals surface area contributed by atoms with E-state index in [4.69, 9.17) is 4.74 Å². The normalized spacial score (nSPS) is 20.8. The highest BCUT2D eigenvalue weighted by Crippen LogP contribution is 2.30.